The molecule has 3 aliphatic rings. The molecule has 5 aromatic rings. The maximum atomic E-state index is 16.0. The van der Waals surface area contributed by atoms with E-state index in [0.29, 0.717) is 79.8 Å². The Balaban J connectivity index is 0.898. The summed E-state index contributed by atoms with van der Waals surface area (Å²) >= 11 is 1.32. The first-order chi connectivity index (χ1) is 29.0. The summed E-state index contributed by atoms with van der Waals surface area (Å²) in [6.45, 7) is 5.77. The lowest BCUT2D eigenvalue weighted by Gasteiger charge is -2.39. The van der Waals surface area contributed by atoms with Crippen molar-refractivity contribution in [2.24, 2.45) is 5.92 Å². The Hall–Kier alpha value is -6.01. The molecule has 3 aromatic heterocycles. The molecule has 2 aromatic carbocycles. The molecule has 0 saturated carbocycles. The van der Waals surface area contributed by atoms with Gasteiger partial charge < -0.3 is 20.4 Å². The minimum absolute atomic E-state index is 0.0526. The van der Waals surface area contributed by atoms with E-state index >= 15 is 4.39 Å². The Morgan fingerprint density at radius 1 is 0.933 bits per heavy atom. The average molecular weight is 853 g/mol. The van der Waals surface area contributed by atoms with Crippen LogP contribution in [0.15, 0.2) is 73.1 Å². The number of sulfonamides is 1. The summed E-state index contributed by atoms with van der Waals surface area (Å²) in [6, 6.07) is 18.0. The zero-order valence-corrected chi connectivity index (χ0v) is 34.6. The van der Waals surface area contributed by atoms with Crippen LogP contribution < -0.4 is 25.6 Å². The molecule has 60 heavy (non-hydrogen) atoms. The van der Waals surface area contributed by atoms with E-state index in [4.69, 9.17) is 10.7 Å². The third kappa shape index (κ3) is 8.79. The van der Waals surface area contributed by atoms with Gasteiger partial charge in [0.05, 0.1) is 33.6 Å². The number of halogens is 1. The molecule has 18 heteroatoms. The van der Waals surface area contributed by atoms with Crippen molar-refractivity contribution >= 4 is 62.2 Å². The van der Waals surface area contributed by atoms with Crippen molar-refractivity contribution in [1.82, 2.24) is 30.2 Å². The smallest absolute Gasteiger partial charge is 0.234 e. The van der Waals surface area contributed by atoms with Gasteiger partial charge in [0.2, 0.25) is 33.7 Å². The topological polar surface area (TPSA) is 197 Å². The first-order valence-corrected chi connectivity index (χ1v) is 22.5. The van der Waals surface area contributed by atoms with Crippen molar-refractivity contribution in [2.45, 2.75) is 44.9 Å². The quantitative estimate of drug-likeness (QED) is 0.146. The number of nitrogen functional groups attached to an aromatic ring is 1. The third-order valence-corrected chi connectivity index (χ3v) is 13.8. The summed E-state index contributed by atoms with van der Waals surface area (Å²) in [5.74, 6) is -0.768. The molecule has 0 bridgehead atoms. The number of piperidine rings is 2. The number of benzene rings is 2. The summed E-state index contributed by atoms with van der Waals surface area (Å²) < 4.78 is 43.4. The van der Waals surface area contributed by atoms with E-state index in [1.807, 2.05) is 41.3 Å². The number of nitrogens with two attached hydrogens (primary N) is 1. The normalized spacial score (nSPS) is 17.8. The number of carbonyl (C=O) groups is 3. The number of nitrogens with zero attached hydrogens (tertiary/aromatic N) is 7. The predicted molar refractivity (Wildman–Crippen MR) is 229 cm³/mol. The summed E-state index contributed by atoms with van der Waals surface area (Å²) in [7, 11) is -3.74. The molecule has 0 unspecified atom stereocenters. The van der Waals surface area contributed by atoms with Crippen LogP contribution in [0.2, 0.25) is 0 Å². The first kappa shape index (κ1) is 40.8. The van der Waals surface area contributed by atoms with Crippen LogP contribution in [0.3, 0.4) is 0 Å². The third-order valence-electron chi connectivity index (χ3n) is 11.2. The van der Waals surface area contributed by atoms with Gasteiger partial charge in [-0.05, 0) is 79.8 Å². The van der Waals surface area contributed by atoms with Crippen LogP contribution in [-0.4, -0.2) is 96.0 Å². The number of hydrogen-bond acceptors (Lipinski definition) is 13. The van der Waals surface area contributed by atoms with Gasteiger partial charge in [-0.3, -0.25) is 24.4 Å². The molecule has 3 saturated heterocycles. The van der Waals surface area contributed by atoms with Gasteiger partial charge in [-0.25, -0.2) is 32.7 Å². The fourth-order valence-corrected chi connectivity index (χ4v) is 10.2. The second-order valence-corrected chi connectivity index (χ2v) is 18.0. The number of amides is 3. The van der Waals surface area contributed by atoms with Crippen molar-refractivity contribution in [3.05, 3.63) is 84.4 Å². The first-order valence-electron chi connectivity index (χ1n) is 20.0. The van der Waals surface area contributed by atoms with Crippen LogP contribution in [0.25, 0.3) is 32.4 Å². The van der Waals surface area contributed by atoms with Crippen molar-refractivity contribution in [3.63, 3.8) is 0 Å². The molecule has 6 heterocycles. The largest absolute Gasteiger partial charge is 0.368 e. The maximum Gasteiger partial charge on any atom is 0.234 e. The number of carbonyl (C=O) groups excluding carboxylic acids is 3. The number of piperazine rings is 1. The lowest BCUT2D eigenvalue weighted by Crippen LogP contribution is -2.51. The minimum atomic E-state index is -3.74. The number of aromatic nitrogens is 4. The van der Waals surface area contributed by atoms with Crippen LogP contribution in [-0.2, 0) is 24.4 Å². The fourth-order valence-electron chi connectivity index (χ4n) is 8.00. The van der Waals surface area contributed by atoms with Gasteiger partial charge in [0, 0.05) is 80.8 Å². The zero-order chi connectivity index (χ0) is 42.0. The highest BCUT2D eigenvalue weighted by Gasteiger charge is 2.32. The van der Waals surface area contributed by atoms with Gasteiger partial charge >= 0.3 is 0 Å². The Labute approximate surface area is 351 Å². The lowest BCUT2D eigenvalue weighted by atomic mass is 9.91. The molecule has 0 aliphatic carbocycles. The van der Waals surface area contributed by atoms with Crippen LogP contribution in [0.1, 0.15) is 50.5 Å². The summed E-state index contributed by atoms with van der Waals surface area (Å²) in [5.41, 5.74) is 9.25. The van der Waals surface area contributed by atoms with Gasteiger partial charge in [0.15, 0.2) is 5.82 Å². The Morgan fingerprint density at radius 3 is 2.38 bits per heavy atom. The van der Waals surface area contributed by atoms with Crippen LogP contribution in [0.5, 0.6) is 0 Å². The Kier molecular flexibility index (Phi) is 11.8. The van der Waals surface area contributed by atoms with Crippen molar-refractivity contribution in [3.8, 4) is 32.4 Å². The average Bonchev–Trinajstić information content (AvgIpc) is 3.70. The molecule has 3 fully saturated rings. The number of anilines is 4. The summed E-state index contributed by atoms with van der Waals surface area (Å²) in [4.78, 5) is 62.3. The fraction of sp³-hybridized carbons (Fsp3) is 0.357. The second kappa shape index (κ2) is 17.3. The number of nitrogens with one attached hydrogen (secondary N) is 2. The number of imide groups is 1. The molecule has 15 nitrogen and oxygen atoms in total. The van der Waals surface area contributed by atoms with E-state index < -0.39 is 15.8 Å². The van der Waals surface area contributed by atoms with Gasteiger partial charge in [0.25, 0.3) is 0 Å². The van der Waals surface area contributed by atoms with Crippen LogP contribution >= 0.6 is 11.3 Å². The van der Waals surface area contributed by atoms with E-state index in [-0.39, 0.29) is 52.5 Å². The predicted octanol–water partition coefficient (Wildman–Crippen LogP) is 5.29. The Bertz CT molecular complexity index is 2500. The molecular formula is C42H45FN10O5S2. The highest BCUT2D eigenvalue weighted by atomic mass is 32.2. The van der Waals surface area contributed by atoms with Gasteiger partial charge in [-0.1, -0.05) is 19.1 Å². The monoisotopic (exact) mass is 852 g/mol. The highest BCUT2D eigenvalue weighted by Crippen LogP contribution is 2.42. The molecule has 3 amide bonds. The molecule has 4 N–H and O–H groups in total. The molecule has 0 spiro atoms. The van der Waals surface area contributed by atoms with Crippen molar-refractivity contribution < 1.29 is 27.2 Å². The van der Waals surface area contributed by atoms with Crippen molar-refractivity contribution in [1.29, 1.82) is 0 Å². The van der Waals surface area contributed by atoms with E-state index in [2.05, 4.69) is 34.8 Å². The SMILES string of the molecule is CCCS(=O)(=O)Nc1cccc(-c2nc(-c3ccc(N4CCN(C(=O)C5CCN(c6ccc([C@H]7CCC(=O)NC7=O)cn6)CC5)CC4)cc3)sc2-c2ccnc(N)n2)c1F. The van der Waals surface area contributed by atoms with Gasteiger partial charge in [-0.2, -0.15) is 0 Å². The highest BCUT2D eigenvalue weighted by molar-refractivity contribution is 7.92. The van der Waals surface area contributed by atoms with Crippen molar-refractivity contribution in [2.75, 3.05) is 65.3 Å². The second-order valence-electron chi connectivity index (χ2n) is 15.2. The molecule has 1 atom stereocenters. The lowest BCUT2D eigenvalue weighted by molar-refractivity contribution is -0.136. The van der Waals surface area contributed by atoms with E-state index in [9.17, 15) is 22.8 Å². The molecule has 3 aliphatic heterocycles. The maximum absolute atomic E-state index is 16.0. The zero-order valence-electron chi connectivity index (χ0n) is 33.0. The summed E-state index contributed by atoms with van der Waals surface area (Å²) in [5, 5.41) is 3.02. The molecule has 312 valence electrons. The van der Waals surface area contributed by atoms with E-state index in [1.165, 1.54) is 23.6 Å². The minimum Gasteiger partial charge on any atom is -0.368 e. The van der Waals surface area contributed by atoms with Crippen LogP contribution in [0.4, 0.5) is 27.5 Å². The number of thiazole rings is 1. The summed E-state index contributed by atoms with van der Waals surface area (Å²) in [6.07, 6.45) is 5.89. The van der Waals surface area contributed by atoms with Gasteiger partial charge in [0.1, 0.15) is 10.8 Å². The van der Waals surface area contributed by atoms with E-state index in [1.54, 1.807) is 31.3 Å². The number of pyridine rings is 1. The number of rotatable bonds is 11. The Morgan fingerprint density at radius 2 is 1.70 bits per heavy atom. The van der Waals surface area contributed by atoms with Gasteiger partial charge in [-0.15, -0.1) is 11.3 Å². The van der Waals surface area contributed by atoms with E-state index in [0.717, 1.165) is 35.5 Å². The molecular weight excluding hydrogens is 808 g/mol. The molecule has 8 rings (SSSR count). The van der Waals surface area contributed by atoms with Crippen LogP contribution in [0, 0.1) is 11.7 Å². The molecule has 0 radical (unpaired) electrons. The number of hydrogen-bond donors (Lipinski definition) is 3. The standard InChI is InChI=1S/C42H45FN10O5S2/c1-2-24-60(57,58)50-32-5-3-4-31(36(32)43)37-38(33-14-17-45-42(44)47-33)59-40(49-37)26-6-9-29(10-7-26)51-20-22-53(23-21-51)41(56)27-15-18-52(19-16-27)34-12-8-28(25-46-34)30-11-13-35(54)48-39(30)55/h3-10,12,14,17,25,27,30,50H,2,11,13,15-16,18-24H2,1H3,(H2,44,45,47)(H,48,54,55)/t30-/m1/s1.